The minimum absolute atomic E-state index is 0.307. The molecule has 1 saturated heterocycles. The highest BCUT2D eigenvalue weighted by atomic mass is 35.5. The number of halogens is 1. The van der Waals surface area contributed by atoms with Gasteiger partial charge in [-0.2, -0.15) is 16.9 Å². The van der Waals surface area contributed by atoms with Crippen molar-refractivity contribution in [1.29, 1.82) is 0 Å². The van der Waals surface area contributed by atoms with Crippen LogP contribution in [0.2, 0.25) is 5.02 Å². The van der Waals surface area contributed by atoms with Crippen molar-refractivity contribution in [3.05, 3.63) is 16.4 Å². The summed E-state index contributed by atoms with van der Waals surface area (Å²) in [6.07, 6.45) is 0.960. The number of hydrogen-bond acceptors (Lipinski definition) is 3. The van der Waals surface area contributed by atoms with Crippen molar-refractivity contribution in [2.45, 2.75) is 32.9 Å². The topological polar surface area (TPSA) is 43.8 Å². The predicted molar refractivity (Wildman–Crippen MR) is 70.1 cm³/mol. The average Bonchev–Trinajstić information content (AvgIpc) is 2.78. The molecule has 0 spiro atoms. The fraction of sp³-hybridized carbons (Fsp3) is 0.727. The van der Waals surface area contributed by atoms with Gasteiger partial charge in [0.15, 0.2) is 0 Å². The zero-order valence-electron chi connectivity index (χ0n) is 9.74. The number of aryl methyl sites for hydroxylation is 2. The molecule has 1 aromatic rings. The molecule has 1 fully saturated rings. The lowest BCUT2D eigenvalue weighted by molar-refractivity contribution is 0.487. The minimum Gasteiger partial charge on any atom is -0.327 e. The second kappa shape index (κ2) is 4.98. The maximum atomic E-state index is 6.29. The monoisotopic (exact) mass is 259 g/mol. The molecule has 0 amide bonds. The van der Waals surface area contributed by atoms with Gasteiger partial charge in [0.05, 0.1) is 16.4 Å². The standard InChI is InChI=1S/C11H18ClN3S/c1-3-15-10(11(12)7(2)14-15)4-8-5-16-6-9(8)13/h8-9H,3-6,13H2,1-2H3. The molecule has 90 valence electrons. The van der Waals surface area contributed by atoms with Crippen LogP contribution < -0.4 is 5.73 Å². The van der Waals surface area contributed by atoms with E-state index in [9.17, 15) is 0 Å². The van der Waals surface area contributed by atoms with Gasteiger partial charge in [-0.25, -0.2) is 0 Å². The molecule has 2 atom stereocenters. The first-order valence-corrected chi connectivity index (χ1v) is 7.21. The molecule has 1 aliphatic heterocycles. The first-order chi connectivity index (χ1) is 7.63. The van der Waals surface area contributed by atoms with E-state index in [1.54, 1.807) is 0 Å². The fourth-order valence-electron chi connectivity index (χ4n) is 2.14. The SMILES string of the molecule is CCn1nc(C)c(Cl)c1CC1CSCC1N. The molecule has 3 nitrogen and oxygen atoms in total. The maximum Gasteiger partial charge on any atom is 0.0847 e. The molecule has 0 radical (unpaired) electrons. The predicted octanol–water partition coefficient (Wildman–Crippen LogP) is 2.10. The molecule has 0 aliphatic carbocycles. The number of rotatable bonds is 3. The lowest BCUT2D eigenvalue weighted by Gasteiger charge is -2.15. The van der Waals surface area contributed by atoms with Gasteiger partial charge in [0.25, 0.3) is 0 Å². The number of thioether (sulfide) groups is 1. The summed E-state index contributed by atoms with van der Waals surface area (Å²) >= 11 is 8.23. The van der Waals surface area contributed by atoms with Gasteiger partial charge in [-0.1, -0.05) is 11.6 Å². The summed E-state index contributed by atoms with van der Waals surface area (Å²) in [5.74, 6) is 2.76. The largest absolute Gasteiger partial charge is 0.327 e. The van der Waals surface area contributed by atoms with Crippen molar-refractivity contribution >= 4 is 23.4 Å². The van der Waals surface area contributed by atoms with E-state index in [1.807, 2.05) is 23.4 Å². The fourth-order valence-corrected chi connectivity index (χ4v) is 3.70. The lowest BCUT2D eigenvalue weighted by Crippen LogP contribution is -2.30. The molecular weight excluding hydrogens is 242 g/mol. The van der Waals surface area contributed by atoms with Crippen LogP contribution in [-0.4, -0.2) is 27.3 Å². The van der Waals surface area contributed by atoms with E-state index in [-0.39, 0.29) is 0 Å². The zero-order valence-corrected chi connectivity index (χ0v) is 11.3. The Bertz CT molecular complexity index is 378. The molecule has 5 heteroatoms. The summed E-state index contributed by atoms with van der Waals surface area (Å²) in [7, 11) is 0. The molecular formula is C11H18ClN3S. The van der Waals surface area contributed by atoms with Crippen LogP contribution in [-0.2, 0) is 13.0 Å². The van der Waals surface area contributed by atoms with E-state index in [4.69, 9.17) is 17.3 Å². The van der Waals surface area contributed by atoms with Crippen LogP contribution in [0, 0.1) is 12.8 Å². The van der Waals surface area contributed by atoms with E-state index in [0.29, 0.717) is 12.0 Å². The van der Waals surface area contributed by atoms with E-state index in [0.717, 1.165) is 40.9 Å². The Morgan fingerprint density at radius 3 is 2.88 bits per heavy atom. The molecule has 2 N–H and O–H groups in total. The smallest absolute Gasteiger partial charge is 0.0847 e. The van der Waals surface area contributed by atoms with E-state index >= 15 is 0 Å². The summed E-state index contributed by atoms with van der Waals surface area (Å²) in [5, 5.41) is 5.26. The van der Waals surface area contributed by atoms with Crippen LogP contribution in [0.4, 0.5) is 0 Å². The van der Waals surface area contributed by atoms with E-state index < -0.39 is 0 Å². The highest BCUT2D eigenvalue weighted by Crippen LogP contribution is 2.29. The van der Waals surface area contributed by atoms with Crippen LogP contribution in [0.5, 0.6) is 0 Å². The summed E-state index contributed by atoms with van der Waals surface area (Å²) in [5.41, 5.74) is 8.17. The summed E-state index contributed by atoms with van der Waals surface area (Å²) in [6.45, 7) is 4.93. The Hall–Kier alpha value is -0.190. The van der Waals surface area contributed by atoms with Crippen molar-refractivity contribution < 1.29 is 0 Å². The van der Waals surface area contributed by atoms with Crippen LogP contribution >= 0.6 is 23.4 Å². The van der Waals surface area contributed by atoms with Crippen molar-refractivity contribution in [2.24, 2.45) is 11.7 Å². The van der Waals surface area contributed by atoms with Crippen LogP contribution in [0.25, 0.3) is 0 Å². The van der Waals surface area contributed by atoms with Crippen LogP contribution in [0.15, 0.2) is 0 Å². The molecule has 0 saturated carbocycles. The molecule has 2 rings (SSSR count). The third-order valence-electron chi connectivity index (χ3n) is 3.16. The van der Waals surface area contributed by atoms with Gasteiger partial charge in [0.2, 0.25) is 0 Å². The molecule has 2 heterocycles. The van der Waals surface area contributed by atoms with Crippen molar-refractivity contribution in [1.82, 2.24) is 9.78 Å². The Kier molecular flexibility index (Phi) is 3.82. The molecule has 0 bridgehead atoms. The minimum atomic E-state index is 0.307. The highest BCUT2D eigenvalue weighted by molar-refractivity contribution is 7.99. The van der Waals surface area contributed by atoms with Crippen molar-refractivity contribution in [3.63, 3.8) is 0 Å². The summed E-state index contributed by atoms with van der Waals surface area (Å²) in [6, 6.07) is 0.307. The van der Waals surface area contributed by atoms with Crippen LogP contribution in [0.1, 0.15) is 18.3 Å². The van der Waals surface area contributed by atoms with Crippen molar-refractivity contribution in [3.8, 4) is 0 Å². The number of nitrogens with two attached hydrogens (primary N) is 1. The third kappa shape index (κ3) is 2.24. The molecule has 1 aromatic heterocycles. The van der Waals surface area contributed by atoms with Crippen LogP contribution in [0.3, 0.4) is 0 Å². The first kappa shape index (κ1) is 12.3. The van der Waals surface area contributed by atoms with Gasteiger partial charge < -0.3 is 5.73 Å². The third-order valence-corrected chi connectivity index (χ3v) is 4.93. The average molecular weight is 260 g/mol. The highest BCUT2D eigenvalue weighted by Gasteiger charge is 2.27. The van der Waals surface area contributed by atoms with Gasteiger partial charge in [-0.05, 0) is 31.9 Å². The zero-order chi connectivity index (χ0) is 11.7. The summed E-state index contributed by atoms with van der Waals surface area (Å²) in [4.78, 5) is 0. The summed E-state index contributed by atoms with van der Waals surface area (Å²) < 4.78 is 2.01. The molecule has 1 aliphatic rings. The molecule has 16 heavy (non-hydrogen) atoms. The number of hydrogen-bond donors (Lipinski definition) is 1. The number of nitrogens with zero attached hydrogens (tertiary/aromatic N) is 2. The van der Waals surface area contributed by atoms with Gasteiger partial charge >= 0.3 is 0 Å². The second-order valence-corrected chi connectivity index (χ2v) is 5.78. The van der Waals surface area contributed by atoms with Crippen molar-refractivity contribution in [2.75, 3.05) is 11.5 Å². The Labute approximate surface area is 106 Å². The normalized spacial score (nSPS) is 25.2. The van der Waals surface area contributed by atoms with Gasteiger partial charge in [-0.15, -0.1) is 0 Å². The van der Waals surface area contributed by atoms with Gasteiger partial charge in [-0.3, -0.25) is 4.68 Å². The number of aromatic nitrogens is 2. The lowest BCUT2D eigenvalue weighted by atomic mass is 9.98. The Morgan fingerprint density at radius 2 is 2.31 bits per heavy atom. The van der Waals surface area contributed by atoms with Gasteiger partial charge in [0.1, 0.15) is 0 Å². The van der Waals surface area contributed by atoms with Gasteiger partial charge in [0, 0.05) is 18.3 Å². The molecule has 2 unspecified atom stereocenters. The quantitative estimate of drug-likeness (QED) is 0.904. The Balaban J connectivity index is 2.19. The molecule has 0 aromatic carbocycles. The Morgan fingerprint density at radius 1 is 1.56 bits per heavy atom. The second-order valence-electron chi connectivity index (χ2n) is 4.33. The van der Waals surface area contributed by atoms with E-state index in [2.05, 4.69) is 12.0 Å². The van der Waals surface area contributed by atoms with E-state index in [1.165, 1.54) is 0 Å². The maximum absolute atomic E-state index is 6.29. The first-order valence-electron chi connectivity index (χ1n) is 5.68.